The van der Waals surface area contributed by atoms with Crippen LogP contribution >= 0.6 is 0 Å². The maximum absolute atomic E-state index is 12.6. The SMILES string of the molecule is CC(C)OC(=O)Cn1c(C(C)NC(=O)C2CCCCC2)nc2ccccc21. The molecule has 2 aromatic rings. The van der Waals surface area contributed by atoms with Crippen LogP contribution in [0.2, 0.25) is 0 Å². The minimum atomic E-state index is -0.305. The van der Waals surface area contributed by atoms with Gasteiger partial charge in [0, 0.05) is 5.92 Å². The van der Waals surface area contributed by atoms with Gasteiger partial charge < -0.3 is 14.6 Å². The zero-order valence-electron chi connectivity index (χ0n) is 16.4. The molecule has 0 radical (unpaired) electrons. The van der Waals surface area contributed by atoms with Crippen LogP contribution in [0.1, 0.15) is 64.7 Å². The third-order valence-corrected chi connectivity index (χ3v) is 5.06. The molecular weight excluding hydrogens is 342 g/mol. The monoisotopic (exact) mass is 371 g/mol. The summed E-state index contributed by atoms with van der Waals surface area (Å²) in [6.45, 7) is 5.67. The summed E-state index contributed by atoms with van der Waals surface area (Å²) in [5, 5.41) is 3.11. The molecule has 1 aromatic heterocycles. The van der Waals surface area contributed by atoms with Gasteiger partial charge in [0.05, 0.1) is 23.2 Å². The highest BCUT2D eigenvalue weighted by Gasteiger charge is 2.25. The molecule has 146 valence electrons. The van der Waals surface area contributed by atoms with E-state index >= 15 is 0 Å². The number of benzene rings is 1. The Balaban J connectivity index is 1.82. The maximum Gasteiger partial charge on any atom is 0.326 e. The number of aromatic nitrogens is 2. The van der Waals surface area contributed by atoms with E-state index in [-0.39, 0.29) is 36.5 Å². The van der Waals surface area contributed by atoms with Crippen molar-refractivity contribution in [3.63, 3.8) is 0 Å². The van der Waals surface area contributed by atoms with Gasteiger partial charge in [0.15, 0.2) is 0 Å². The highest BCUT2D eigenvalue weighted by atomic mass is 16.5. The van der Waals surface area contributed by atoms with Gasteiger partial charge in [-0.3, -0.25) is 9.59 Å². The third kappa shape index (κ3) is 4.67. The fourth-order valence-corrected chi connectivity index (χ4v) is 3.78. The second kappa shape index (κ2) is 8.55. The number of nitrogens with zero attached hydrogens (tertiary/aromatic N) is 2. The van der Waals surface area contributed by atoms with Crippen LogP contribution in [0, 0.1) is 5.92 Å². The average molecular weight is 371 g/mol. The Morgan fingerprint density at radius 3 is 2.59 bits per heavy atom. The molecule has 6 nitrogen and oxygen atoms in total. The van der Waals surface area contributed by atoms with Gasteiger partial charge in [-0.25, -0.2) is 4.98 Å². The summed E-state index contributed by atoms with van der Waals surface area (Å²) in [6.07, 6.45) is 5.19. The van der Waals surface area contributed by atoms with Crippen molar-refractivity contribution in [1.29, 1.82) is 0 Å². The van der Waals surface area contributed by atoms with E-state index < -0.39 is 0 Å². The van der Waals surface area contributed by atoms with Gasteiger partial charge in [-0.1, -0.05) is 31.4 Å². The number of imidazole rings is 1. The highest BCUT2D eigenvalue weighted by molar-refractivity contribution is 5.81. The standard InChI is InChI=1S/C21H29N3O3/c1-14(2)27-19(25)13-24-18-12-8-7-11-17(18)23-20(24)15(3)22-21(26)16-9-5-4-6-10-16/h7-8,11-12,14-16H,4-6,9-10,13H2,1-3H3,(H,22,26). The molecule has 0 saturated heterocycles. The van der Waals surface area contributed by atoms with Crippen LogP contribution in [-0.4, -0.2) is 27.5 Å². The summed E-state index contributed by atoms with van der Waals surface area (Å²) in [6, 6.07) is 7.41. The molecule has 0 spiro atoms. The Labute approximate surface area is 160 Å². The maximum atomic E-state index is 12.6. The van der Waals surface area contributed by atoms with Crippen LogP contribution in [0.3, 0.4) is 0 Å². The smallest absolute Gasteiger partial charge is 0.326 e. The molecule has 0 aliphatic heterocycles. The molecule has 6 heteroatoms. The van der Waals surface area contributed by atoms with E-state index in [0.717, 1.165) is 36.7 Å². The molecule has 1 unspecified atom stereocenters. The van der Waals surface area contributed by atoms with E-state index in [1.165, 1.54) is 6.42 Å². The molecule has 1 N–H and O–H groups in total. The first kappa shape index (κ1) is 19.4. The summed E-state index contributed by atoms with van der Waals surface area (Å²) < 4.78 is 7.16. The molecule has 1 aliphatic carbocycles. The Kier molecular flexibility index (Phi) is 6.14. The summed E-state index contributed by atoms with van der Waals surface area (Å²) >= 11 is 0. The van der Waals surface area contributed by atoms with Gasteiger partial charge in [-0.2, -0.15) is 0 Å². The first-order valence-electron chi connectivity index (χ1n) is 9.90. The van der Waals surface area contributed by atoms with E-state index in [0.29, 0.717) is 5.82 Å². The van der Waals surface area contributed by atoms with E-state index in [2.05, 4.69) is 10.3 Å². The second-order valence-corrected chi connectivity index (χ2v) is 7.65. The summed E-state index contributed by atoms with van der Waals surface area (Å²) in [5.74, 6) is 0.553. The van der Waals surface area contributed by atoms with Crippen LogP contribution in [0.15, 0.2) is 24.3 Å². The normalized spacial score (nSPS) is 16.4. The lowest BCUT2D eigenvalue weighted by Crippen LogP contribution is -2.35. The fraction of sp³-hybridized carbons (Fsp3) is 0.571. The van der Waals surface area contributed by atoms with Crippen molar-refractivity contribution in [3.05, 3.63) is 30.1 Å². The lowest BCUT2D eigenvalue weighted by atomic mass is 9.88. The largest absolute Gasteiger partial charge is 0.462 e. The van der Waals surface area contributed by atoms with Crippen molar-refractivity contribution >= 4 is 22.9 Å². The quantitative estimate of drug-likeness (QED) is 0.785. The minimum absolute atomic E-state index is 0.0810. The molecule has 27 heavy (non-hydrogen) atoms. The Bertz CT molecular complexity index is 806. The molecule has 1 atom stereocenters. The van der Waals surface area contributed by atoms with E-state index in [4.69, 9.17) is 4.74 Å². The van der Waals surface area contributed by atoms with Crippen molar-refractivity contribution in [3.8, 4) is 0 Å². The predicted octanol–water partition coefficient (Wildman–Crippen LogP) is 3.75. The number of hydrogen-bond donors (Lipinski definition) is 1. The van der Waals surface area contributed by atoms with Gasteiger partial charge in [-0.05, 0) is 45.7 Å². The number of nitrogens with one attached hydrogen (secondary N) is 1. The number of para-hydroxylation sites is 2. The van der Waals surface area contributed by atoms with Crippen molar-refractivity contribution in [2.45, 2.75) is 71.6 Å². The predicted molar refractivity (Wildman–Crippen MR) is 104 cm³/mol. The number of rotatable bonds is 6. The van der Waals surface area contributed by atoms with E-state index in [1.807, 2.05) is 49.6 Å². The zero-order valence-corrected chi connectivity index (χ0v) is 16.4. The zero-order chi connectivity index (χ0) is 19.4. The topological polar surface area (TPSA) is 73.2 Å². The molecule has 1 amide bonds. The fourth-order valence-electron chi connectivity index (χ4n) is 3.78. The molecular formula is C21H29N3O3. The highest BCUT2D eigenvalue weighted by Crippen LogP contribution is 2.26. The molecule has 1 heterocycles. The number of esters is 1. The van der Waals surface area contributed by atoms with Gasteiger partial charge in [0.25, 0.3) is 0 Å². The first-order valence-corrected chi connectivity index (χ1v) is 9.90. The van der Waals surface area contributed by atoms with Crippen LogP contribution < -0.4 is 5.32 Å². The molecule has 1 aromatic carbocycles. The average Bonchev–Trinajstić information content (AvgIpc) is 3.00. The first-order chi connectivity index (χ1) is 13.0. The summed E-state index contributed by atoms with van der Waals surface area (Å²) in [4.78, 5) is 29.6. The van der Waals surface area contributed by atoms with E-state index in [9.17, 15) is 9.59 Å². The number of fused-ring (bicyclic) bond motifs is 1. The van der Waals surface area contributed by atoms with Crippen molar-refractivity contribution in [2.75, 3.05) is 0 Å². The molecule has 0 bridgehead atoms. The third-order valence-electron chi connectivity index (χ3n) is 5.06. The van der Waals surface area contributed by atoms with Crippen molar-refractivity contribution in [1.82, 2.24) is 14.9 Å². The lowest BCUT2D eigenvalue weighted by molar-refractivity contribution is -0.148. The number of carbonyl (C=O) groups is 2. The van der Waals surface area contributed by atoms with Gasteiger partial charge in [0.2, 0.25) is 5.91 Å². The van der Waals surface area contributed by atoms with Crippen molar-refractivity contribution < 1.29 is 14.3 Å². The Morgan fingerprint density at radius 1 is 1.19 bits per heavy atom. The lowest BCUT2D eigenvalue weighted by Gasteiger charge is -2.23. The van der Waals surface area contributed by atoms with Gasteiger partial charge >= 0.3 is 5.97 Å². The van der Waals surface area contributed by atoms with Crippen LogP contribution in [0.5, 0.6) is 0 Å². The number of hydrogen-bond acceptors (Lipinski definition) is 4. The number of amides is 1. The minimum Gasteiger partial charge on any atom is -0.462 e. The second-order valence-electron chi connectivity index (χ2n) is 7.65. The van der Waals surface area contributed by atoms with Crippen LogP contribution in [0.4, 0.5) is 0 Å². The van der Waals surface area contributed by atoms with Crippen LogP contribution in [0.25, 0.3) is 11.0 Å². The molecule has 1 saturated carbocycles. The van der Waals surface area contributed by atoms with Gasteiger partial charge in [-0.15, -0.1) is 0 Å². The molecule has 1 fully saturated rings. The Hall–Kier alpha value is -2.37. The van der Waals surface area contributed by atoms with Gasteiger partial charge in [0.1, 0.15) is 12.4 Å². The van der Waals surface area contributed by atoms with Crippen molar-refractivity contribution in [2.24, 2.45) is 5.92 Å². The molecule has 3 rings (SSSR count). The summed E-state index contributed by atoms with van der Waals surface area (Å²) in [5.41, 5.74) is 1.68. The number of carbonyl (C=O) groups excluding carboxylic acids is 2. The molecule has 1 aliphatic rings. The number of ether oxygens (including phenoxy) is 1. The Morgan fingerprint density at radius 2 is 1.89 bits per heavy atom. The van der Waals surface area contributed by atoms with E-state index in [1.54, 1.807) is 0 Å². The van der Waals surface area contributed by atoms with Crippen LogP contribution in [-0.2, 0) is 20.9 Å². The summed E-state index contributed by atoms with van der Waals surface area (Å²) in [7, 11) is 0.